The van der Waals surface area contributed by atoms with Crippen molar-refractivity contribution in [2.75, 3.05) is 11.9 Å². The molecule has 0 aliphatic carbocycles. The van der Waals surface area contributed by atoms with Crippen LogP contribution >= 0.6 is 0 Å². The van der Waals surface area contributed by atoms with Gasteiger partial charge in [-0.25, -0.2) is 4.79 Å². The predicted octanol–water partition coefficient (Wildman–Crippen LogP) is 2.30. The van der Waals surface area contributed by atoms with Crippen molar-refractivity contribution >= 4 is 17.6 Å². The normalized spacial score (nSPS) is 11.6. The predicted molar refractivity (Wildman–Crippen MR) is 72.3 cm³/mol. The molecule has 0 saturated carbocycles. The summed E-state index contributed by atoms with van der Waals surface area (Å²) in [5.74, 6) is -1.35. The first-order valence-electron chi connectivity index (χ1n) is 5.91. The number of benzene rings is 1. The van der Waals surface area contributed by atoms with Gasteiger partial charge < -0.3 is 15.2 Å². The van der Waals surface area contributed by atoms with E-state index in [9.17, 15) is 9.59 Å². The molecule has 0 bridgehead atoms. The Morgan fingerprint density at radius 1 is 1.53 bits per heavy atom. The van der Waals surface area contributed by atoms with E-state index in [1.54, 1.807) is 25.1 Å². The Bertz CT molecular complexity index is 470. The molecule has 0 aliphatic heterocycles. The van der Waals surface area contributed by atoms with E-state index in [0.717, 1.165) is 0 Å². The maximum Gasteiger partial charge on any atom is 0.335 e. The lowest BCUT2D eigenvalue weighted by Gasteiger charge is -2.13. The zero-order valence-electron chi connectivity index (χ0n) is 10.8. The van der Waals surface area contributed by atoms with Crippen LogP contribution in [0.1, 0.15) is 23.7 Å². The molecule has 0 saturated heterocycles. The van der Waals surface area contributed by atoms with Crippen LogP contribution in [0.2, 0.25) is 0 Å². The Labute approximate surface area is 111 Å². The number of hydrogen-bond donors (Lipinski definition) is 2. The molecule has 0 fully saturated rings. The lowest BCUT2D eigenvalue weighted by Crippen LogP contribution is -2.28. The molecule has 0 aromatic heterocycles. The van der Waals surface area contributed by atoms with Gasteiger partial charge in [-0.1, -0.05) is 12.1 Å². The second-order valence-corrected chi connectivity index (χ2v) is 3.97. The fraction of sp³-hybridized carbons (Fsp3) is 0.286. The summed E-state index contributed by atoms with van der Waals surface area (Å²) in [6, 6.07) is 6.06. The number of hydrogen-bond acceptors (Lipinski definition) is 3. The molecule has 0 radical (unpaired) electrons. The fourth-order valence-corrected chi connectivity index (χ4v) is 1.38. The minimum absolute atomic E-state index is 0.123. The Morgan fingerprint density at radius 3 is 2.89 bits per heavy atom. The number of carbonyl (C=O) groups is 2. The van der Waals surface area contributed by atoms with Crippen molar-refractivity contribution in [3.05, 3.63) is 42.5 Å². The maximum absolute atomic E-state index is 11.8. The second kappa shape index (κ2) is 7.33. The van der Waals surface area contributed by atoms with E-state index in [1.165, 1.54) is 12.1 Å². The van der Waals surface area contributed by atoms with Crippen molar-refractivity contribution in [2.24, 2.45) is 0 Å². The molecule has 1 unspecified atom stereocenters. The third-order valence-corrected chi connectivity index (χ3v) is 2.44. The minimum Gasteiger partial charge on any atom is -0.478 e. The molecule has 5 nitrogen and oxygen atoms in total. The van der Waals surface area contributed by atoms with E-state index in [1.807, 2.05) is 0 Å². The van der Waals surface area contributed by atoms with E-state index in [2.05, 4.69) is 11.9 Å². The largest absolute Gasteiger partial charge is 0.478 e. The van der Waals surface area contributed by atoms with Crippen LogP contribution in [-0.4, -0.2) is 29.7 Å². The standard InChI is InChI=1S/C14H17NO4/c1-3-4-8-19-10(2)13(16)15-12-7-5-6-11(9-12)14(17)18/h3,5-7,9-10H,1,4,8H2,2H3,(H,15,16)(H,17,18). The number of ether oxygens (including phenoxy) is 1. The summed E-state index contributed by atoms with van der Waals surface area (Å²) in [4.78, 5) is 22.6. The van der Waals surface area contributed by atoms with Crippen LogP contribution in [0.3, 0.4) is 0 Å². The van der Waals surface area contributed by atoms with E-state index in [4.69, 9.17) is 9.84 Å². The highest BCUT2D eigenvalue weighted by Gasteiger charge is 2.13. The number of aromatic carboxylic acids is 1. The van der Waals surface area contributed by atoms with Crippen LogP contribution in [0.25, 0.3) is 0 Å². The number of carboxylic acid groups (broad SMARTS) is 1. The monoisotopic (exact) mass is 263 g/mol. The third kappa shape index (κ3) is 4.93. The lowest BCUT2D eigenvalue weighted by atomic mass is 10.2. The zero-order chi connectivity index (χ0) is 14.3. The van der Waals surface area contributed by atoms with Gasteiger partial charge in [0.1, 0.15) is 6.10 Å². The van der Waals surface area contributed by atoms with Gasteiger partial charge in [-0.3, -0.25) is 4.79 Å². The molecule has 1 aromatic carbocycles. The summed E-state index contributed by atoms with van der Waals surface area (Å²) in [6.45, 7) is 5.62. The van der Waals surface area contributed by atoms with Crippen molar-refractivity contribution < 1.29 is 19.4 Å². The van der Waals surface area contributed by atoms with E-state index in [0.29, 0.717) is 18.7 Å². The summed E-state index contributed by atoms with van der Waals surface area (Å²) in [6.07, 6.45) is 1.78. The quantitative estimate of drug-likeness (QED) is 0.584. The summed E-state index contributed by atoms with van der Waals surface area (Å²) < 4.78 is 5.29. The zero-order valence-corrected chi connectivity index (χ0v) is 10.8. The van der Waals surface area contributed by atoms with Crippen LogP contribution in [0.15, 0.2) is 36.9 Å². The van der Waals surface area contributed by atoms with Gasteiger partial charge in [0.15, 0.2) is 0 Å². The first-order chi connectivity index (χ1) is 9.04. The number of rotatable bonds is 7. The molecule has 0 heterocycles. The third-order valence-electron chi connectivity index (χ3n) is 2.44. The molecule has 1 amide bonds. The second-order valence-electron chi connectivity index (χ2n) is 3.97. The first-order valence-corrected chi connectivity index (χ1v) is 5.91. The summed E-state index contributed by atoms with van der Waals surface area (Å²) in [5, 5.41) is 11.5. The van der Waals surface area contributed by atoms with Crippen LogP contribution in [0.5, 0.6) is 0 Å². The van der Waals surface area contributed by atoms with Gasteiger partial charge in [0.05, 0.1) is 12.2 Å². The summed E-state index contributed by atoms with van der Waals surface area (Å²) in [7, 11) is 0. The minimum atomic E-state index is -1.04. The number of amides is 1. The van der Waals surface area contributed by atoms with E-state index < -0.39 is 12.1 Å². The van der Waals surface area contributed by atoms with Gasteiger partial charge in [0, 0.05) is 5.69 Å². The number of carboxylic acids is 1. The molecule has 0 spiro atoms. The van der Waals surface area contributed by atoms with Gasteiger partial charge in [0.2, 0.25) is 0 Å². The average molecular weight is 263 g/mol. The van der Waals surface area contributed by atoms with E-state index in [-0.39, 0.29) is 11.5 Å². The Balaban J connectivity index is 2.58. The molecule has 5 heteroatoms. The van der Waals surface area contributed by atoms with Gasteiger partial charge in [0.25, 0.3) is 5.91 Å². The number of anilines is 1. The molecular weight excluding hydrogens is 246 g/mol. The highest BCUT2D eigenvalue weighted by molar-refractivity contribution is 5.95. The van der Waals surface area contributed by atoms with Crippen molar-refractivity contribution in [3.8, 4) is 0 Å². The van der Waals surface area contributed by atoms with Crippen molar-refractivity contribution in [1.82, 2.24) is 0 Å². The van der Waals surface area contributed by atoms with E-state index >= 15 is 0 Å². The molecule has 0 aliphatic rings. The topological polar surface area (TPSA) is 75.6 Å². The average Bonchev–Trinajstić information content (AvgIpc) is 2.39. The SMILES string of the molecule is C=CCCOC(C)C(=O)Nc1cccc(C(=O)O)c1. The van der Waals surface area contributed by atoms with Crippen LogP contribution in [0.4, 0.5) is 5.69 Å². The molecule has 19 heavy (non-hydrogen) atoms. The van der Waals surface area contributed by atoms with Crippen LogP contribution < -0.4 is 5.32 Å². The maximum atomic E-state index is 11.8. The number of nitrogens with one attached hydrogen (secondary N) is 1. The van der Waals surface area contributed by atoms with Gasteiger partial charge in [-0.15, -0.1) is 6.58 Å². The van der Waals surface area contributed by atoms with Crippen LogP contribution in [0, 0.1) is 0 Å². The van der Waals surface area contributed by atoms with Crippen molar-refractivity contribution in [2.45, 2.75) is 19.4 Å². The summed E-state index contributed by atoms with van der Waals surface area (Å²) in [5.41, 5.74) is 0.557. The first kappa shape index (κ1) is 14.9. The Kier molecular flexibility index (Phi) is 5.75. The highest BCUT2D eigenvalue weighted by atomic mass is 16.5. The molecule has 102 valence electrons. The Hall–Kier alpha value is -2.14. The number of carbonyl (C=O) groups excluding carboxylic acids is 1. The lowest BCUT2D eigenvalue weighted by molar-refractivity contribution is -0.126. The molecule has 1 atom stereocenters. The van der Waals surface area contributed by atoms with Crippen molar-refractivity contribution in [1.29, 1.82) is 0 Å². The molecule has 1 rings (SSSR count). The van der Waals surface area contributed by atoms with Crippen LogP contribution in [-0.2, 0) is 9.53 Å². The van der Waals surface area contributed by atoms with Gasteiger partial charge in [-0.05, 0) is 31.5 Å². The van der Waals surface area contributed by atoms with Gasteiger partial charge >= 0.3 is 5.97 Å². The smallest absolute Gasteiger partial charge is 0.335 e. The summed E-state index contributed by atoms with van der Waals surface area (Å²) >= 11 is 0. The van der Waals surface area contributed by atoms with Crippen molar-refractivity contribution in [3.63, 3.8) is 0 Å². The van der Waals surface area contributed by atoms with Gasteiger partial charge in [-0.2, -0.15) is 0 Å². The highest BCUT2D eigenvalue weighted by Crippen LogP contribution is 2.11. The fourth-order valence-electron chi connectivity index (χ4n) is 1.38. The molecule has 1 aromatic rings. The molecule has 2 N–H and O–H groups in total. The molecular formula is C14H17NO4. The Morgan fingerprint density at radius 2 is 2.26 bits per heavy atom.